The first-order valence-corrected chi connectivity index (χ1v) is 10.1. The predicted octanol–water partition coefficient (Wildman–Crippen LogP) is 4.95. The Morgan fingerprint density at radius 3 is 2.52 bits per heavy atom. The number of H-pyrrole nitrogens is 1. The van der Waals surface area contributed by atoms with E-state index in [9.17, 15) is 4.39 Å². The van der Waals surface area contributed by atoms with Gasteiger partial charge in [-0.15, -0.1) is 0 Å². The number of hydrogen-bond acceptors (Lipinski definition) is 4. The summed E-state index contributed by atoms with van der Waals surface area (Å²) in [5.41, 5.74) is 2.47. The Labute approximate surface area is 160 Å². The number of unbranched alkanes of at least 4 members (excludes halogenated alkanes) is 2. The van der Waals surface area contributed by atoms with E-state index in [2.05, 4.69) is 39.0 Å². The molecule has 0 saturated carbocycles. The lowest BCUT2D eigenvalue weighted by molar-refractivity contribution is 0.264. The molecule has 2 aromatic heterocycles. The molecule has 2 heterocycles. The van der Waals surface area contributed by atoms with Crippen LogP contribution in [-0.2, 0) is 0 Å². The quantitative estimate of drug-likeness (QED) is 0.468. The van der Waals surface area contributed by atoms with E-state index in [0.717, 1.165) is 47.3 Å². The molecule has 0 atom stereocenters. The highest BCUT2D eigenvalue weighted by Crippen LogP contribution is 2.27. The van der Waals surface area contributed by atoms with Crippen molar-refractivity contribution in [1.82, 2.24) is 19.9 Å². The van der Waals surface area contributed by atoms with Crippen LogP contribution in [0.4, 0.5) is 10.2 Å². The molecule has 0 fully saturated rings. The van der Waals surface area contributed by atoms with Crippen molar-refractivity contribution < 1.29 is 4.39 Å². The number of halogens is 1. The first kappa shape index (κ1) is 19.5. The van der Waals surface area contributed by atoms with Crippen molar-refractivity contribution in [1.29, 1.82) is 0 Å². The lowest BCUT2D eigenvalue weighted by Crippen LogP contribution is -2.28. The van der Waals surface area contributed by atoms with Crippen LogP contribution in [0.15, 0.2) is 24.5 Å². The highest BCUT2D eigenvalue weighted by atomic mass is 19.1. The van der Waals surface area contributed by atoms with Crippen LogP contribution in [0.1, 0.15) is 46.0 Å². The third-order valence-electron chi connectivity index (χ3n) is 4.94. The minimum absolute atomic E-state index is 0.254. The minimum Gasteiger partial charge on any atom is -0.368 e. The van der Waals surface area contributed by atoms with Gasteiger partial charge < -0.3 is 15.2 Å². The molecular formula is C21H30FN5. The molecule has 5 nitrogen and oxygen atoms in total. The van der Waals surface area contributed by atoms with Crippen molar-refractivity contribution in [2.45, 2.75) is 46.0 Å². The summed E-state index contributed by atoms with van der Waals surface area (Å²) in [6.45, 7) is 8.80. The van der Waals surface area contributed by atoms with Gasteiger partial charge in [0.15, 0.2) is 5.82 Å². The number of aromatic amines is 1. The van der Waals surface area contributed by atoms with Gasteiger partial charge in [-0.1, -0.05) is 26.7 Å². The van der Waals surface area contributed by atoms with Crippen LogP contribution in [0.2, 0.25) is 0 Å². The molecule has 146 valence electrons. The van der Waals surface area contributed by atoms with Crippen molar-refractivity contribution in [2.75, 3.05) is 31.5 Å². The van der Waals surface area contributed by atoms with Gasteiger partial charge in [-0.05, 0) is 57.1 Å². The molecule has 1 aromatic carbocycles. The molecule has 0 unspecified atom stereocenters. The Morgan fingerprint density at radius 1 is 1.04 bits per heavy atom. The van der Waals surface area contributed by atoms with Gasteiger partial charge in [0, 0.05) is 17.4 Å². The maximum absolute atomic E-state index is 13.6. The molecule has 6 heteroatoms. The van der Waals surface area contributed by atoms with Crippen LogP contribution in [-0.4, -0.2) is 46.0 Å². The molecule has 0 spiro atoms. The monoisotopic (exact) mass is 371 g/mol. The zero-order valence-electron chi connectivity index (χ0n) is 16.4. The third kappa shape index (κ3) is 4.95. The van der Waals surface area contributed by atoms with Crippen LogP contribution >= 0.6 is 0 Å². The molecule has 27 heavy (non-hydrogen) atoms. The van der Waals surface area contributed by atoms with Gasteiger partial charge in [0.25, 0.3) is 0 Å². The van der Waals surface area contributed by atoms with Crippen molar-refractivity contribution in [3.8, 4) is 0 Å². The number of anilines is 1. The fourth-order valence-electron chi connectivity index (χ4n) is 3.41. The fraction of sp³-hybridized carbons (Fsp3) is 0.524. The summed E-state index contributed by atoms with van der Waals surface area (Å²) in [6, 6.07) is 4.72. The van der Waals surface area contributed by atoms with E-state index in [1.54, 1.807) is 6.07 Å². The number of hydrogen-bond donors (Lipinski definition) is 2. The van der Waals surface area contributed by atoms with Crippen LogP contribution in [0.25, 0.3) is 21.9 Å². The van der Waals surface area contributed by atoms with Crippen LogP contribution in [0, 0.1) is 5.82 Å². The summed E-state index contributed by atoms with van der Waals surface area (Å²) >= 11 is 0. The second kappa shape index (κ2) is 9.65. The zero-order valence-corrected chi connectivity index (χ0v) is 16.4. The maximum Gasteiger partial charge on any atom is 0.153 e. The van der Waals surface area contributed by atoms with E-state index >= 15 is 0 Å². The number of nitrogens with zero attached hydrogens (tertiary/aromatic N) is 3. The van der Waals surface area contributed by atoms with Crippen molar-refractivity contribution in [3.63, 3.8) is 0 Å². The molecule has 3 rings (SSSR count). The topological polar surface area (TPSA) is 56.8 Å². The lowest BCUT2D eigenvalue weighted by Gasteiger charge is -2.22. The number of fused-ring (bicyclic) bond motifs is 3. The van der Waals surface area contributed by atoms with Crippen LogP contribution in [0.3, 0.4) is 0 Å². The standard InChI is InChI=1S/C21H30FN5/c1-3-5-11-27(12-6-4-2)13-7-10-23-21-20-19(24-15-25-21)17-14-16(22)8-9-18(17)26-20/h8-9,14-15,26H,3-7,10-13H2,1-2H3,(H,23,24,25). The van der Waals surface area contributed by atoms with E-state index in [-0.39, 0.29) is 5.82 Å². The summed E-state index contributed by atoms with van der Waals surface area (Å²) < 4.78 is 13.6. The van der Waals surface area contributed by atoms with E-state index < -0.39 is 0 Å². The van der Waals surface area contributed by atoms with Gasteiger partial charge >= 0.3 is 0 Å². The molecule has 0 aliphatic carbocycles. The van der Waals surface area contributed by atoms with Crippen molar-refractivity contribution in [3.05, 3.63) is 30.3 Å². The molecule has 2 N–H and O–H groups in total. The highest BCUT2D eigenvalue weighted by Gasteiger charge is 2.11. The Morgan fingerprint density at radius 2 is 1.78 bits per heavy atom. The first-order chi connectivity index (χ1) is 13.2. The summed E-state index contributed by atoms with van der Waals surface area (Å²) in [5.74, 6) is 0.529. The minimum atomic E-state index is -0.254. The fourth-order valence-corrected chi connectivity index (χ4v) is 3.41. The lowest BCUT2D eigenvalue weighted by atomic mass is 10.2. The number of aromatic nitrogens is 3. The molecule has 3 aromatic rings. The zero-order chi connectivity index (χ0) is 19.1. The number of rotatable bonds is 11. The third-order valence-corrected chi connectivity index (χ3v) is 4.94. The van der Waals surface area contributed by atoms with Gasteiger partial charge in [0.05, 0.1) is 0 Å². The van der Waals surface area contributed by atoms with Crippen LogP contribution < -0.4 is 5.32 Å². The second-order valence-electron chi connectivity index (χ2n) is 7.09. The van der Waals surface area contributed by atoms with E-state index in [0.29, 0.717) is 0 Å². The summed E-state index contributed by atoms with van der Waals surface area (Å²) in [6.07, 6.45) is 7.59. The molecule has 0 amide bonds. The molecule has 0 radical (unpaired) electrons. The van der Waals surface area contributed by atoms with Gasteiger partial charge in [-0.2, -0.15) is 0 Å². The summed E-state index contributed by atoms with van der Waals surface area (Å²) in [7, 11) is 0. The maximum atomic E-state index is 13.6. The summed E-state index contributed by atoms with van der Waals surface area (Å²) in [4.78, 5) is 14.6. The average molecular weight is 372 g/mol. The normalized spacial score (nSPS) is 11.7. The van der Waals surface area contributed by atoms with Gasteiger partial charge in [0.1, 0.15) is 23.2 Å². The second-order valence-corrected chi connectivity index (χ2v) is 7.09. The van der Waals surface area contributed by atoms with Crippen molar-refractivity contribution >= 4 is 27.8 Å². The van der Waals surface area contributed by atoms with Gasteiger partial charge in [-0.3, -0.25) is 0 Å². The largest absolute Gasteiger partial charge is 0.368 e. The first-order valence-electron chi connectivity index (χ1n) is 10.1. The van der Waals surface area contributed by atoms with Gasteiger partial charge in [-0.25, -0.2) is 14.4 Å². The SMILES string of the molecule is CCCCN(CCCC)CCCNc1ncnc2c1[nH]c1ccc(F)cc12. The molecule has 0 aliphatic heterocycles. The van der Waals surface area contributed by atoms with E-state index in [4.69, 9.17) is 0 Å². The van der Waals surface area contributed by atoms with Crippen molar-refractivity contribution in [2.24, 2.45) is 0 Å². The van der Waals surface area contributed by atoms with Crippen LogP contribution in [0.5, 0.6) is 0 Å². The summed E-state index contributed by atoms with van der Waals surface area (Å²) in [5, 5.41) is 4.22. The molecule has 0 saturated heterocycles. The molecule has 0 bridgehead atoms. The Kier molecular flexibility index (Phi) is 6.98. The molecular weight excluding hydrogens is 341 g/mol. The molecule has 0 aliphatic rings. The van der Waals surface area contributed by atoms with E-state index in [1.807, 2.05) is 0 Å². The smallest absolute Gasteiger partial charge is 0.153 e. The Balaban J connectivity index is 1.62. The predicted molar refractivity (Wildman–Crippen MR) is 111 cm³/mol. The van der Waals surface area contributed by atoms with Gasteiger partial charge in [0.2, 0.25) is 0 Å². The Hall–Kier alpha value is -2.21. The highest BCUT2D eigenvalue weighted by molar-refractivity contribution is 6.07. The van der Waals surface area contributed by atoms with E-state index in [1.165, 1.54) is 57.2 Å². The number of benzene rings is 1. The average Bonchev–Trinajstić information content (AvgIpc) is 3.05. The Bertz CT molecular complexity index is 852. The number of nitrogens with one attached hydrogen (secondary N) is 2.